The lowest BCUT2D eigenvalue weighted by atomic mass is 10.0. The number of esters is 1. The number of hydrogen-bond acceptors (Lipinski definition) is 6. The second-order valence-corrected chi connectivity index (χ2v) is 8.20. The number of carbonyl (C=O) groups is 2. The number of rotatable bonds is 8. The van der Waals surface area contributed by atoms with Crippen molar-refractivity contribution in [2.45, 2.75) is 27.3 Å². The van der Waals surface area contributed by atoms with Gasteiger partial charge in [-0.3, -0.25) is 14.5 Å². The number of hydrogen-bond donors (Lipinski definition) is 1. The molecule has 0 bridgehead atoms. The normalized spacial score (nSPS) is 11.2. The zero-order valence-corrected chi connectivity index (χ0v) is 20.3. The van der Waals surface area contributed by atoms with Gasteiger partial charge >= 0.3 is 5.97 Å². The fourth-order valence-corrected chi connectivity index (χ4v) is 4.05. The van der Waals surface area contributed by atoms with Gasteiger partial charge in [-0.05, 0) is 50.1 Å². The van der Waals surface area contributed by atoms with Gasteiger partial charge in [0.05, 0.1) is 24.4 Å². The minimum absolute atomic E-state index is 0.0841. The molecular formula is C28H25N5O3. The van der Waals surface area contributed by atoms with Crippen LogP contribution in [0.4, 0.5) is 0 Å². The molecule has 0 spiro atoms. The molecule has 0 aliphatic carbocycles. The molecule has 0 aliphatic heterocycles. The Labute approximate surface area is 208 Å². The zero-order valence-electron chi connectivity index (χ0n) is 20.3. The van der Waals surface area contributed by atoms with Crippen LogP contribution < -0.4 is 0 Å². The zero-order chi connectivity index (χ0) is 25.7. The molecule has 36 heavy (non-hydrogen) atoms. The van der Waals surface area contributed by atoms with Crippen LogP contribution >= 0.6 is 0 Å². The molecule has 8 heteroatoms. The summed E-state index contributed by atoms with van der Waals surface area (Å²) < 4.78 is 6.88. The van der Waals surface area contributed by atoms with Gasteiger partial charge in [-0.1, -0.05) is 30.3 Å². The molecule has 8 nitrogen and oxygen atoms in total. The third-order valence-electron chi connectivity index (χ3n) is 5.72. The molecule has 0 saturated carbocycles. The lowest BCUT2D eigenvalue weighted by Crippen LogP contribution is -2.08. The summed E-state index contributed by atoms with van der Waals surface area (Å²) in [4.78, 5) is 32.9. The minimum atomic E-state index is -0.512. The molecule has 1 aromatic carbocycles. The number of ether oxygens (including phenoxy) is 1. The molecule has 0 saturated heterocycles. The van der Waals surface area contributed by atoms with Crippen LogP contribution in [0.5, 0.6) is 0 Å². The topological polar surface area (TPSA) is 114 Å². The van der Waals surface area contributed by atoms with E-state index in [-0.39, 0.29) is 17.9 Å². The van der Waals surface area contributed by atoms with Crippen LogP contribution in [0.3, 0.4) is 0 Å². The maximum Gasteiger partial charge on any atom is 0.340 e. The number of Topliss-reactive ketones (excluding diaryl/α,β-unsaturated/α-hetero) is 1. The van der Waals surface area contributed by atoms with Crippen LogP contribution in [0.1, 0.15) is 50.2 Å². The van der Waals surface area contributed by atoms with Crippen LogP contribution in [0.25, 0.3) is 17.3 Å². The number of carbonyl (C=O) groups excluding carboxylic acids is 2. The molecule has 3 heterocycles. The summed E-state index contributed by atoms with van der Waals surface area (Å²) in [6.45, 7) is 5.82. The summed E-state index contributed by atoms with van der Waals surface area (Å²) in [7, 11) is 0. The first-order valence-corrected chi connectivity index (χ1v) is 11.5. The first-order chi connectivity index (χ1) is 17.4. The van der Waals surface area contributed by atoms with E-state index in [1.54, 1.807) is 50.1 Å². The number of benzene rings is 1. The van der Waals surface area contributed by atoms with Crippen molar-refractivity contribution >= 4 is 17.8 Å². The van der Waals surface area contributed by atoms with Gasteiger partial charge < -0.3 is 9.72 Å². The Kier molecular flexibility index (Phi) is 7.21. The first-order valence-electron chi connectivity index (χ1n) is 11.5. The molecule has 0 aliphatic rings. The van der Waals surface area contributed by atoms with Crippen molar-refractivity contribution in [2.24, 2.45) is 0 Å². The number of H-pyrrole nitrogens is 1. The smallest absolute Gasteiger partial charge is 0.340 e. The molecule has 4 rings (SSSR count). The van der Waals surface area contributed by atoms with Crippen molar-refractivity contribution in [2.75, 3.05) is 6.61 Å². The van der Waals surface area contributed by atoms with E-state index < -0.39 is 11.8 Å². The summed E-state index contributed by atoms with van der Waals surface area (Å²) in [5.41, 5.74) is 4.40. The first kappa shape index (κ1) is 24.4. The quantitative estimate of drug-likeness (QED) is 0.166. The third-order valence-corrected chi connectivity index (χ3v) is 5.72. The number of pyridine rings is 1. The maximum absolute atomic E-state index is 13.4. The number of allylic oxidation sites excluding steroid dienone is 1. The maximum atomic E-state index is 13.4. The average Bonchev–Trinajstić information content (AvgIpc) is 3.42. The lowest BCUT2D eigenvalue weighted by Gasteiger charge is -2.03. The van der Waals surface area contributed by atoms with Gasteiger partial charge in [0.2, 0.25) is 5.78 Å². The van der Waals surface area contributed by atoms with Crippen LogP contribution in [-0.4, -0.2) is 38.1 Å². The SMILES string of the molecule is CCOC(=O)c1c(C)[nH]c(C(=O)/C(C#N)=C/c2cn(Cc3ccccc3)nc2-c2cccnc2)c1C. The molecule has 0 amide bonds. The summed E-state index contributed by atoms with van der Waals surface area (Å²) in [6.07, 6.45) is 6.68. The van der Waals surface area contributed by atoms with Crippen molar-refractivity contribution in [3.05, 3.63) is 100 Å². The predicted octanol–water partition coefficient (Wildman–Crippen LogP) is 4.90. The van der Waals surface area contributed by atoms with Crippen LogP contribution in [-0.2, 0) is 11.3 Å². The van der Waals surface area contributed by atoms with Gasteiger partial charge in [0.25, 0.3) is 0 Å². The number of aryl methyl sites for hydroxylation is 1. The van der Waals surface area contributed by atoms with E-state index in [4.69, 9.17) is 9.84 Å². The highest BCUT2D eigenvalue weighted by molar-refractivity contribution is 6.15. The number of ketones is 1. The Morgan fingerprint density at radius 3 is 2.61 bits per heavy atom. The number of nitriles is 1. The Bertz CT molecular complexity index is 1470. The van der Waals surface area contributed by atoms with Gasteiger partial charge in [-0.2, -0.15) is 10.4 Å². The molecule has 180 valence electrons. The second-order valence-electron chi connectivity index (χ2n) is 8.20. The van der Waals surface area contributed by atoms with E-state index in [2.05, 4.69) is 9.97 Å². The van der Waals surface area contributed by atoms with Crippen LogP contribution in [0, 0.1) is 25.2 Å². The van der Waals surface area contributed by atoms with E-state index in [0.717, 1.165) is 11.1 Å². The van der Waals surface area contributed by atoms with E-state index in [1.165, 1.54) is 6.08 Å². The van der Waals surface area contributed by atoms with Gasteiger partial charge in [-0.15, -0.1) is 0 Å². The fraction of sp³-hybridized carbons (Fsp3) is 0.179. The summed E-state index contributed by atoms with van der Waals surface area (Å²) >= 11 is 0. The van der Waals surface area contributed by atoms with Gasteiger partial charge in [0.1, 0.15) is 17.3 Å². The van der Waals surface area contributed by atoms with Crippen molar-refractivity contribution < 1.29 is 14.3 Å². The summed E-state index contributed by atoms with van der Waals surface area (Å²) in [5, 5.41) is 14.6. The predicted molar refractivity (Wildman–Crippen MR) is 135 cm³/mol. The molecule has 0 radical (unpaired) electrons. The van der Waals surface area contributed by atoms with Crippen molar-refractivity contribution in [1.29, 1.82) is 5.26 Å². The Balaban J connectivity index is 1.75. The van der Waals surface area contributed by atoms with E-state index in [0.29, 0.717) is 34.6 Å². The standard InChI is InChI=1S/C28H25N5O3/c1-4-36-28(35)24-18(2)25(31-19(24)3)27(34)22(14-29)13-23-17-33(16-20-9-6-5-7-10-20)32-26(23)21-11-8-12-30-15-21/h5-13,15,17,31H,4,16H2,1-3H3/b22-13+. The largest absolute Gasteiger partial charge is 0.462 e. The van der Waals surface area contributed by atoms with E-state index >= 15 is 0 Å². The molecule has 0 atom stereocenters. The Morgan fingerprint density at radius 2 is 1.94 bits per heavy atom. The highest BCUT2D eigenvalue weighted by Crippen LogP contribution is 2.26. The summed E-state index contributed by atoms with van der Waals surface area (Å²) in [5.74, 6) is -1.02. The number of nitrogens with zero attached hydrogens (tertiary/aromatic N) is 4. The third kappa shape index (κ3) is 5.00. The number of aromatic nitrogens is 4. The molecule has 0 fully saturated rings. The van der Waals surface area contributed by atoms with E-state index in [1.807, 2.05) is 42.5 Å². The second kappa shape index (κ2) is 10.7. The molecular weight excluding hydrogens is 454 g/mol. The number of aromatic amines is 1. The van der Waals surface area contributed by atoms with Crippen molar-refractivity contribution in [1.82, 2.24) is 19.7 Å². The fourth-order valence-electron chi connectivity index (χ4n) is 4.05. The van der Waals surface area contributed by atoms with Gasteiger partial charge in [-0.25, -0.2) is 4.79 Å². The molecule has 1 N–H and O–H groups in total. The molecule has 3 aromatic heterocycles. The number of nitrogens with one attached hydrogen (secondary N) is 1. The Morgan fingerprint density at radius 1 is 1.17 bits per heavy atom. The van der Waals surface area contributed by atoms with Gasteiger partial charge in [0.15, 0.2) is 0 Å². The monoisotopic (exact) mass is 479 g/mol. The van der Waals surface area contributed by atoms with Crippen molar-refractivity contribution in [3.63, 3.8) is 0 Å². The van der Waals surface area contributed by atoms with E-state index in [9.17, 15) is 14.9 Å². The molecule has 4 aromatic rings. The highest BCUT2D eigenvalue weighted by Gasteiger charge is 2.25. The van der Waals surface area contributed by atoms with Gasteiger partial charge in [0, 0.05) is 35.4 Å². The van der Waals surface area contributed by atoms with Crippen LogP contribution in [0.2, 0.25) is 0 Å². The average molecular weight is 480 g/mol. The summed E-state index contributed by atoms with van der Waals surface area (Å²) in [6, 6.07) is 15.6. The van der Waals surface area contributed by atoms with Crippen LogP contribution in [0.15, 0.2) is 66.6 Å². The van der Waals surface area contributed by atoms with Crippen molar-refractivity contribution in [3.8, 4) is 17.3 Å². The Hall–Kier alpha value is -4.77. The lowest BCUT2D eigenvalue weighted by molar-refractivity contribution is 0.0525. The highest BCUT2D eigenvalue weighted by atomic mass is 16.5. The minimum Gasteiger partial charge on any atom is -0.462 e. The molecule has 0 unspecified atom stereocenters.